The Labute approximate surface area is 109 Å². The minimum atomic E-state index is -1.23. The predicted molar refractivity (Wildman–Crippen MR) is 70.3 cm³/mol. The summed E-state index contributed by atoms with van der Waals surface area (Å²) in [5.41, 5.74) is 0.419. The van der Waals surface area contributed by atoms with Crippen LogP contribution in [0.2, 0.25) is 0 Å². The molecule has 2 aromatic rings. The Morgan fingerprint density at radius 2 is 2.00 bits per heavy atom. The van der Waals surface area contributed by atoms with Gasteiger partial charge in [0.2, 0.25) is 0 Å². The maximum absolute atomic E-state index is 12.2. The fourth-order valence-corrected chi connectivity index (χ4v) is 1.86. The summed E-state index contributed by atoms with van der Waals surface area (Å²) in [6.45, 7) is 1.74. The Hall–Kier alpha value is -2.56. The highest BCUT2D eigenvalue weighted by Crippen LogP contribution is 2.16. The zero-order valence-electron chi connectivity index (χ0n) is 10.6. The van der Waals surface area contributed by atoms with E-state index >= 15 is 0 Å². The van der Waals surface area contributed by atoms with Gasteiger partial charge < -0.3 is 9.84 Å². The van der Waals surface area contributed by atoms with Crippen molar-refractivity contribution in [3.63, 3.8) is 0 Å². The van der Waals surface area contributed by atoms with Gasteiger partial charge in [0, 0.05) is 11.8 Å². The lowest BCUT2D eigenvalue weighted by atomic mass is 10.2. The van der Waals surface area contributed by atoms with Crippen molar-refractivity contribution in [2.45, 2.75) is 6.92 Å². The first-order valence-corrected chi connectivity index (χ1v) is 5.65. The van der Waals surface area contributed by atoms with E-state index in [2.05, 4.69) is 0 Å². The SMILES string of the molecule is COc1cccc(-n2c(C)ccc(C(=O)O)c2=O)c1. The molecule has 5 nitrogen and oxygen atoms in total. The zero-order chi connectivity index (χ0) is 14.0. The van der Waals surface area contributed by atoms with Crippen molar-refractivity contribution in [2.24, 2.45) is 0 Å². The minimum absolute atomic E-state index is 0.256. The van der Waals surface area contributed by atoms with Crippen molar-refractivity contribution in [2.75, 3.05) is 7.11 Å². The van der Waals surface area contributed by atoms with Crippen molar-refractivity contribution < 1.29 is 14.6 Å². The normalized spacial score (nSPS) is 10.2. The maximum atomic E-state index is 12.2. The number of aromatic nitrogens is 1. The molecule has 1 aromatic carbocycles. The third-order valence-electron chi connectivity index (χ3n) is 2.82. The number of hydrogen-bond donors (Lipinski definition) is 1. The third kappa shape index (κ3) is 2.35. The molecule has 0 saturated heterocycles. The van der Waals surface area contributed by atoms with E-state index in [0.29, 0.717) is 17.1 Å². The molecule has 1 heterocycles. The maximum Gasteiger partial charge on any atom is 0.341 e. The van der Waals surface area contributed by atoms with E-state index in [9.17, 15) is 9.59 Å². The summed E-state index contributed by atoms with van der Waals surface area (Å²) >= 11 is 0. The number of aromatic carboxylic acids is 1. The lowest BCUT2D eigenvalue weighted by molar-refractivity contribution is 0.0694. The lowest BCUT2D eigenvalue weighted by Crippen LogP contribution is -2.26. The molecule has 0 atom stereocenters. The molecular weight excluding hydrogens is 246 g/mol. The number of pyridine rings is 1. The number of nitrogens with zero attached hydrogens (tertiary/aromatic N) is 1. The van der Waals surface area contributed by atoms with E-state index in [-0.39, 0.29) is 5.56 Å². The summed E-state index contributed by atoms with van der Waals surface area (Å²) in [6, 6.07) is 9.82. The number of benzene rings is 1. The van der Waals surface area contributed by atoms with Crippen LogP contribution in [0.3, 0.4) is 0 Å². The minimum Gasteiger partial charge on any atom is -0.497 e. The van der Waals surface area contributed by atoms with Crippen molar-refractivity contribution >= 4 is 5.97 Å². The molecule has 0 bridgehead atoms. The fourth-order valence-electron chi connectivity index (χ4n) is 1.86. The highest BCUT2D eigenvalue weighted by atomic mass is 16.5. The number of methoxy groups -OCH3 is 1. The van der Waals surface area contributed by atoms with Gasteiger partial charge in [-0.05, 0) is 31.2 Å². The number of aryl methyl sites for hydroxylation is 1. The van der Waals surface area contributed by atoms with E-state index in [1.54, 1.807) is 37.3 Å². The molecule has 98 valence electrons. The van der Waals surface area contributed by atoms with Gasteiger partial charge in [0.1, 0.15) is 11.3 Å². The van der Waals surface area contributed by atoms with Crippen molar-refractivity contribution in [3.8, 4) is 11.4 Å². The smallest absolute Gasteiger partial charge is 0.341 e. The largest absolute Gasteiger partial charge is 0.497 e. The van der Waals surface area contributed by atoms with Crippen LogP contribution in [0.5, 0.6) is 5.75 Å². The first-order chi connectivity index (χ1) is 9.04. The van der Waals surface area contributed by atoms with E-state index in [0.717, 1.165) is 0 Å². The molecule has 0 aliphatic heterocycles. The summed E-state index contributed by atoms with van der Waals surface area (Å²) < 4.78 is 6.46. The van der Waals surface area contributed by atoms with Crippen molar-refractivity contribution in [3.05, 3.63) is 58.0 Å². The van der Waals surface area contributed by atoms with Gasteiger partial charge in [0.15, 0.2) is 0 Å². The second kappa shape index (κ2) is 4.97. The molecular formula is C14H13NO4. The molecule has 0 unspecified atom stereocenters. The Kier molecular flexibility index (Phi) is 3.37. The number of carboxylic acids is 1. The standard InChI is InChI=1S/C14H13NO4/c1-9-6-7-12(14(17)18)13(16)15(9)10-4-3-5-11(8-10)19-2/h3-8H,1-2H3,(H,17,18). The third-order valence-corrected chi connectivity index (χ3v) is 2.82. The van der Waals surface area contributed by atoms with Crippen LogP contribution in [-0.4, -0.2) is 22.8 Å². The number of hydrogen-bond acceptors (Lipinski definition) is 3. The molecule has 19 heavy (non-hydrogen) atoms. The summed E-state index contributed by atoms with van der Waals surface area (Å²) in [6.07, 6.45) is 0. The van der Waals surface area contributed by atoms with Gasteiger partial charge in [-0.25, -0.2) is 4.79 Å². The van der Waals surface area contributed by atoms with Gasteiger partial charge in [0.05, 0.1) is 12.8 Å². The van der Waals surface area contributed by atoms with E-state index < -0.39 is 11.5 Å². The molecule has 0 fully saturated rings. The molecule has 0 amide bonds. The van der Waals surface area contributed by atoms with Crippen LogP contribution in [0.15, 0.2) is 41.2 Å². The van der Waals surface area contributed by atoms with Gasteiger partial charge in [-0.2, -0.15) is 0 Å². The lowest BCUT2D eigenvalue weighted by Gasteiger charge is -2.11. The first kappa shape index (κ1) is 12.9. The molecule has 0 spiro atoms. The van der Waals surface area contributed by atoms with Crippen molar-refractivity contribution in [1.29, 1.82) is 0 Å². The van der Waals surface area contributed by atoms with E-state index in [4.69, 9.17) is 9.84 Å². The molecule has 2 rings (SSSR count). The Morgan fingerprint density at radius 1 is 1.26 bits per heavy atom. The summed E-state index contributed by atoms with van der Waals surface area (Å²) in [5.74, 6) is -0.633. The molecule has 1 N–H and O–H groups in total. The Bertz CT molecular complexity index is 688. The number of ether oxygens (including phenoxy) is 1. The average molecular weight is 259 g/mol. The second-order valence-corrected chi connectivity index (χ2v) is 4.04. The van der Waals surface area contributed by atoms with Crippen LogP contribution in [0.25, 0.3) is 5.69 Å². The highest BCUT2D eigenvalue weighted by molar-refractivity contribution is 5.87. The predicted octanol–water partition coefficient (Wildman–Crippen LogP) is 1.85. The Morgan fingerprint density at radius 3 is 2.63 bits per heavy atom. The van der Waals surface area contributed by atoms with Crippen LogP contribution in [0.4, 0.5) is 0 Å². The first-order valence-electron chi connectivity index (χ1n) is 5.65. The van der Waals surface area contributed by atoms with Crippen LogP contribution < -0.4 is 10.3 Å². The van der Waals surface area contributed by atoms with Gasteiger partial charge in [-0.3, -0.25) is 9.36 Å². The summed E-state index contributed by atoms with van der Waals surface area (Å²) in [5, 5.41) is 8.99. The van der Waals surface area contributed by atoms with Gasteiger partial charge in [-0.1, -0.05) is 6.07 Å². The van der Waals surface area contributed by atoms with E-state index in [1.165, 1.54) is 17.7 Å². The molecule has 0 radical (unpaired) electrons. The number of carbonyl (C=O) groups is 1. The molecule has 0 aliphatic carbocycles. The average Bonchev–Trinajstić information content (AvgIpc) is 2.38. The van der Waals surface area contributed by atoms with Crippen LogP contribution in [0.1, 0.15) is 16.1 Å². The molecule has 1 aromatic heterocycles. The quantitative estimate of drug-likeness (QED) is 0.913. The zero-order valence-corrected chi connectivity index (χ0v) is 10.6. The van der Waals surface area contributed by atoms with Gasteiger partial charge in [0.25, 0.3) is 5.56 Å². The fraction of sp³-hybridized carbons (Fsp3) is 0.143. The second-order valence-electron chi connectivity index (χ2n) is 4.04. The molecule has 5 heteroatoms. The van der Waals surface area contributed by atoms with Gasteiger partial charge >= 0.3 is 5.97 Å². The summed E-state index contributed by atoms with van der Waals surface area (Å²) in [4.78, 5) is 23.2. The topological polar surface area (TPSA) is 68.5 Å². The number of carboxylic acid groups (broad SMARTS) is 1. The Balaban J connectivity index is 2.70. The number of rotatable bonds is 3. The molecule has 0 aliphatic rings. The van der Waals surface area contributed by atoms with Crippen LogP contribution >= 0.6 is 0 Å². The van der Waals surface area contributed by atoms with Gasteiger partial charge in [-0.15, -0.1) is 0 Å². The van der Waals surface area contributed by atoms with Crippen LogP contribution in [-0.2, 0) is 0 Å². The van der Waals surface area contributed by atoms with Crippen molar-refractivity contribution in [1.82, 2.24) is 4.57 Å². The summed E-state index contributed by atoms with van der Waals surface area (Å²) in [7, 11) is 1.53. The van der Waals surface area contributed by atoms with Crippen LogP contribution in [0, 0.1) is 6.92 Å². The molecule has 0 saturated carbocycles. The highest BCUT2D eigenvalue weighted by Gasteiger charge is 2.13. The monoisotopic (exact) mass is 259 g/mol. The van der Waals surface area contributed by atoms with E-state index in [1.807, 2.05) is 0 Å².